The lowest BCUT2D eigenvalue weighted by atomic mass is 10.1. The van der Waals surface area contributed by atoms with Gasteiger partial charge in [0, 0.05) is 25.0 Å². The van der Waals surface area contributed by atoms with Gasteiger partial charge in [0.1, 0.15) is 11.9 Å². The second-order valence-electron chi connectivity index (χ2n) is 5.00. The van der Waals surface area contributed by atoms with Gasteiger partial charge in [0.25, 0.3) is 5.91 Å². The maximum Gasteiger partial charge on any atom is 0.276 e. The first-order valence-electron chi connectivity index (χ1n) is 6.87. The fraction of sp³-hybridized carbons (Fsp3) is 0.429. The van der Waals surface area contributed by atoms with E-state index in [0.29, 0.717) is 30.4 Å². The molecule has 1 unspecified atom stereocenters. The van der Waals surface area contributed by atoms with Crippen LogP contribution in [0, 0.1) is 6.92 Å². The van der Waals surface area contributed by atoms with Gasteiger partial charge in [-0.15, -0.1) is 0 Å². The Morgan fingerprint density at radius 2 is 2.38 bits per heavy atom. The summed E-state index contributed by atoms with van der Waals surface area (Å²) in [7, 11) is 0. The van der Waals surface area contributed by atoms with E-state index < -0.39 is 0 Å². The first-order valence-corrected chi connectivity index (χ1v) is 6.87. The van der Waals surface area contributed by atoms with Gasteiger partial charge < -0.3 is 14.2 Å². The zero-order chi connectivity index (χ0) is 14.7. The fourth-order valence-corrected chi connectivity index (χ4v) is 2.37. The lowest BCUT2D eigenvalue weighted by molar-refractivity contribution is 0.0518. The number of carbonyl (C=O) groups is 1. The SMILES string of the molecule is Cc1cc(C(=O)N2CCCC(Oc3cnccn3)C2)no1. The molecule has 0 bridgehead atoms. The first-order chi connectivity index (χ1) is 10.2. The van der Waals surface area contributed by atoms with Crippen molar-refractivity contribution in [3.63, 3.8) is 0 Å². The highest BCUT2D eigenvalue weighted by molar-refractivity contribution is 5.92. The van der Waals surface area contributed by atoms with Crippen molar-refractivity contribution in [2.45, 2.75) is 25.9 Å². The molecular weight excluding hydrogens is 272 g/mol. The second-order valence-corrected chi connectivity index (χ2v) is 5.00. The van der Waals surface area contributed by atoms with Crippen molar-refractivity contribution < 1.29 is 14.1 Å². The van der Waals surface area contributed by atoms with Crippen molar-refractivity contribution in [2.75, 3.05) is 13.1 Å². The molecule has 1 atom stereocenters. The summed E-state index contributed by atoms with van der Waals surface area (Å²) in [5, 5.41) is 3.77. The molecule has 0 saturated carbocycles. The molecule has 0 radical (unpaired) electrons. The highest BCUT2D eigenvalue weighted by Crippen LogP contribution is 2.17. The highest BCUT2D eigenvalue weighted by atomic mass is 16.5. The summed E-state index contributed by atoms with van der Waals surface area (Å²) in [6.07, 6.45) is 6.44. The Morgan fingerprint density at radius 1 is 1.48 bits per heavy atom. The van der Waals surface area contributed by atoms with E-state index in [-0.39, 0.29) is 12.0 Å². The molecule has 0 aromatic carbocycles. The zero-order valence-electron chi connectivity index (χ0n) is 11.7. The molecule has 3 heterocycles. The van der Waals surface area contributed by atoms with Crippen LogP contribution in [0.5, 0.6) is 5.88 Å². The normalized spacial score (nSPS) is 18.5. The number of rotatable bonds is 3. The Kier molecular flexibility index (Phi) is 3.81. The maximum absolute atomic E-state index is 12.3. The van der Waals surface area contributed by atoms with Crippen molar-refractivity contribution in [3.05, 3.63) is 36.1 Å². The molecule has 7 nitrogen and oxygen atoms in total. The molecular formula is C14H16N4O3. The third kappa shape index (κ3) is 3.18. The summed E-state index contributed by atoms with van der Waals surface area (Å²) >= 11 is 0. The highest BCUT2D eigenvalue weighted by Gasteiger charge is 2.27. The summed E-state index contributed by atoms with van der Waals surface area (Å²) in [6.45, 7) is 2.98. The molecule has 2 aromatic heterocycles. The van der Waals surface area contributed by atoms with Crippen LogP contribution in [0.25, 0.3) is 0 Å². The Hall–Kier alpha value is -2.44. The van der Waals surface area contributed by atoms with E-state index in [2.05, 4.69) is 15.1 Å². The molecule has 1 aliphatic rings. The molecule has 110 valence electrons. The van der Waals surface area contributed by atoms with E-state index in [1.54, 1.807) is 36.5 Å². The molecule has 1 aliphatic heterocycles. The summed E-state index contributed by atoms with van der Waals surface area (Å²) in [6, 6.07) is 1.65. The summed E-state index contributed by atoms with van der Waals surface area (Å²) in [5.74, 6) is 0.982. The van der Waals surface area contributed by atoms with Crippen LogP contribution in [0.15, 0.2) is 29.2 Å². The minimum Gasteiger partial charge on any atom is -0.471 e. The van der Waals surface area contributed by atoms with Gasteiger partial charge in [-0.3, -0.25) is 9.78 Å². The number of aromatic nitrogens is 3. The number of piperidine rings is 1. The van der Waals surface area contributed by atoms with E-state index in [1.807, 2.05) is 0 Å². The van der Waals surface area contributed by atoms with Crippen molar-refractivity contribution in [1.29, 1.82) is 0 Å². The van der Waals surface area contributed by atoms with E-state index >= 15 is 0 Å². The minimum atomic E-state index is -0.126. The average Bonchev–Trinajstić information content (AvgIpc) is 2.94. The topological polar surface area (TPSA) is 81.4 Å². The smallest absolute Gasteiger partial charge is 0.276 e. The Balaban J connectivity index is 1.64. The van der Waals surface area contributed by atoms with Crippen molar-refractivity contribution in [3.8, 4) is 5.88 Å². The van der Waals surface area contributed by atoms with Crippen LogP contribution < -0.4 is 4.74 Å². The molecule has 1 saturated heterocycles. The van der Waals surface area contributed by atoms with Crippen LogP contribution in [-0.4, -0.2) is 45.1 Å². The number of hydrogen-bond donors (Lipinski definition) is 0. The summed E-state index contributed by atoms with van der Waals surface area (Å²) in [4.78, 5) is 22.1. The maximum atomic E-state index is 12.3. The number of amides is 1. The Morgan fingerprint density at radius 3 is 3.10 bits per heavy atom. The fourth-order valence-electron chi connectivity index (χ4n) is 2.37. The van der Waals surface area contributed by atoms with Gasteiger partial charge in [0.2, 0.25) is 5.88 Å². The molecule has 7 heteroatoms. The largest absolute Gasteiger partial charge is 0.471 e. The number of carbonyl (C=O) groups excluding carboxylic acids is 1. The van der Waals surface area contributed by atoms with Crippen LogP contribution in [0.4, 0.5) is 0 Å². The van der Waals surface area contributed by atoms with Crippen molar-refractivity contribution >= 4 is 5.91 Å². The van der Waals surface area contributed by atoms with E-state index in [9.17, 15) is 4.79 Å². The Bertz CT molecular complexity index is 614. The van der Waals surface area contributed by atoms with Gasteiger partial charge in [-0.25, -0.2) is 4.98 Å². The van der Waals surface area contributed by atoms with E-state index in [1.165, 1.54) is 0 Å². The first kappa shape index (κ1) is 13.5. The summed E-state index contributed by atoms with van der Waals surface area (Å²) in [5.41, 5.74) is 0.340. The van der Waals surface area contributed by atoms with Crippen LogP contribution in [0.3, 0.4) is 0 Å². The molecule has 0 N–H and O–H groups in total. The van der Waals surface area contributed by atoms with E-state index in [4.69, 9.17) is 9.26 Å². The second kappa shape index (κ2) is 5.90. The van der Waals surface area contributed by atoms with Crippen molar-refractivity contribution in [1.82, 2.24) is 20.0 Å². The van der Waals surface area contributed by atoms with Gasteiger partial charge in [0.15, 0.2) is 5.69 Å². The van der Waals surface area contributed by atoms with Crippen LogP contribution in [0.1, 0.15) is 29.1 Å². The van der Waals surface area contributed by atoms with Crippen LogP contribution >= 0.6 is 0 Å². The number of hydrogen-bond acceptors (Lipinski definition) is 6. The molecule has 0 spiro atoms. The molecule has 21 heavy (non-hydrogen) atoms. The van der Waals surface area contributed by atoms with Crippen molar-refractivity contribution in [2.24, 2.45) is 0 Å². The lowest BCUT2D eigenvalue weighted by Gasteiger charge is -2.32. The average molecular weight is 288 g/mol. The van der Waals surface area contributed by atoms with Gasteiger partial charge in [0.05, 0.1) is 12.7 Å². The molecule has 0 aliphatic carbocycles. The monoisotopic (exact) mass is 288 g/mol. The molecule has 3 rings (SSSR count). The number of aryl methyl sites for hydroxylation is 1. The minimum absolute atomic E-state index is 0.0765. The number of likely N-dealkylation sites (tertiary alicyclic amines) is 1. The molecule has 1 fully saturated rings. The van der Waals surface area contributed by atoms with Crippen LogP contribution in [0.2, 0.25) is 0 Å². The lowest BCUT2D eigenvalue weighted by Crippen LogP contribution is -2.44. The Labute approximate surface area is 121 Å². The number of nitrogens with zero attached hydrogens (tertiary/aromatic N) is 4. The van der Waals surface area contributed by atoms with E-state index in [0.717, 1.165) is 12.8 Å². The van der Waals surface area contributed by atoms with Gasteiger partial charge in [-0.05, 0) is 19.8 Å². The quantitative estimate of drug-likeness (QED) is 0.850. The van der Waals surface area contributed by atoms with Crippen LogP contribution in [-0.2, 0) is 0 Å². The third-order valence-corrected chi connectivity index (χ3v) is 3.34. The molecule has 1 amide bonds. The van der Waals surface area contributed by atoms with Gasteiger partial charge in [-0.1, -0.05) is 5.16 Å². The third-order valence-electron chi connectivity index (χ3n) is 3.34. The van der Waals surface area contributed by atoms with Gasteiger partial charge in [-0.2, -0.15) is 0 Å². The number of ether oxygens (including phenoxy) is 1. The predicted molar refractivity (Wildman–Crippen MR) is 72.8 cm³/mol. The standard InChI is InChI=1S/C14H16N4O3/c1-10-7-12(17-21-10)14(19)18-6-2-3-11(9-18)20-13-8-15-4-5-16-13/h4-5,7-8,11H,2-3,6,9H2,1H3. The summed E-state index contributed by atoms with van der Waals surface area (Å²) < 4.78 is 10.7. The molecule has 2 aromatic rings. The predicted octanol–water partition coefficient (Wildman–Crippen LogP) is 1.46. The van der Waals surface area contributed by atoms with Gasteiger partial charge >= 0.3 is 0 Å². The zero-order valence-corrected chi connectivity index (χ0v) is 11.7.